The molecule has 1 heterocycles. The zero-order valence-corrected chi connectivity index (χ0v) is 15.4. The minimum absolute atomic E-state index is 0.284. The van der Waals surface area contributed by atoms with Gasteiger partial charge in [-0.1, -0.05) is 30.3 Å². The Morgan fingerprint density at radius 3 is 2.58 bits per heavy atom. The second-order valence-electron chi connectivity index (χ2n) is 7.86. The number of benzene rings is 2. The van der Waals surface area contributed by atoms with Crippen LogP contribution in [0.3, 0.4) is 0 Å². The average Bonchev–Trinajstić information content (AvgIpc) is 3.07. The number of likely N-dealkylation sites (tertiary alicyclic amines) is 1. The van der Waals surface area contributed by atoms with Crippen molar-refractivity contribution in [3.05, 3.63) is 60.2 Å². The molecule has 1 saturated heterocycles. The zero-order chi connectivity index (χ0) is 17.8. The SMILES string of the molecule is Oc1ccc(OCCN2CCC3CC(Cc4ccccc4)CCC32)cc1. The summed E-state index contributed by atoms with van der Waals surface area (Å²) < 4.78 is 5.85. The monoisotopic (exact) mass is 351 g/mol. The van der Waals surface area contributed by atoms with E-state index in [1.54, 1.807) is 12.1 Å². The molecule has 3 nitrogen and oxygen atoms in total. The second kappa shape index (κ2) is 8.13. The average molecular weight is 351 g/mol. The van der Waals surface area contributed by atoms with Crippen molar-refractivity contribution < 1.29 is 9.84 Å². The van der Waals surface area contributed by atoms with Crippen molar-refractivity contribution in [2.75, 3.05) is 19.7 Å². The van der Waals surface area contributed by atoms with E-state index in [1.807, 2.05) is 12.1 Å². The molecule has 1 N–H and O–H groups in total. The maximum Gasteiger partial charge on any atom is 0.119 e. The van der Waals surface area contributed by atoms with E-state index in [0.29, 0.717) is 0 Å². The van der Waals surface area contributed by atoms with Crippen molar-refractivity contribution in [1.29, 1.82) is 0 Å². The molecular weight excluding hydrogens is 322 g/mol. The number of rotatable bonds is 6. The molecule has 2 aromatic carbocycles. The summed E-state index contributed by atoms with van der Waals surface area (Å²) in [7, 11) is 0. The third-order valence-corrected chi connectivity index (χ3v) is 6.16. The third kappa shape index (κ3) is 4.21. The van der Waals surface area contributed by atoms with E-state index in [-0.39, 0.29) is 5.75 Å². The first-order chi connectivity index (χ1) is 12.8. The van der Waals surface area contributed by atoms with E-state index in [2.05, 4.69) is 35.2 Å². The van der Waals surface area contributed by atoms with Crippen molar-refractivity contribution in [1.82, 2.24) is 4.90 Å². The van der Waals surface area contributed by atoms with Crippen molar-refractivity contribution in [3.63, 3.8) is 0 Å². The van der Waals surface area contributed by atoms with E-state index in [4.69, 9.17) is 4.74 Å². The first-order valence-corrected chi connectivity index (χ1v) is 9.98. The molecule has 138 valence electrons. The molecule has 3 unspecified atom stereocenters. The Morgan fingerprint density at radius 2 is 1.77 bits per heavy atom. The summed E-state index contributed by atoms with van der Waals surface area (Å²) in [4.78, 5) is 2.64. The molecule has 4 rings (SSSR count). The van der Waals surface area contributed by atoms with Crippen LogP contribution in [-0.4, -0.2) is 35.7 Å². The highest BCUT2D eigenvalue weighted by molar-refractivity contribution is 5.30. The van der Waals surface area contributed by atoms with Crippen molar-refractivity contribution in [3.8, 4) is 11.5 Å². The molecule has 1 aliphatic heterocycles. The smallest absolute Gasteiger partial charge is 0.119 e. The van der Waals surface area contributed by atoms with Gasteiger partial charge < -0.3 is 9.84 Å². The summed E-state index contributed by atoms with van der Waals surface area (Å²) >= 11 is 0. The fourth-order valence-corrected chi connectivity index (χ4v) is 4.87. The molecule has 2 aromatic rings. The first-order valence-electron chi connectivity index (χ1n) is 9.98. The standard InChI is InChI=1S/C23H29NO2/c25-21-7-9-22(10-8-21)26-15-14-24-13-12-20-17-19(6-11-23(20)24)16-18-4-2-1-3-5-18/h1-5,7-10,19-20,23,25H,6,11-17H2. The number of aromatic hydroxyl groups is 1. The highest BCUT2D eigenvalue weighted by Crippen LogP contribution is 2.40. The lowest BCUT2D eigenvalue weighted by atomic mass is 9.76. The van der Waals surface area contributed by atoms with Gasteiger partial charge in [0.25, 0.3) is 0 Å². The maximum atomic E-state index is 9.33. The molecule has 3 heteroatoms. The Morgan fingerprint density at radius 1 is 0.962 bits per heavy atom. The van der Waals surface area contributed by atoms with Crippen LogP contribution in [0.15, 0.2) is 54.6 Å². The molecule has 26 heavy (non-hydrogen) atoms. The number of phenols is 1. The van der Waals surface area contributed by atoms with Crippen LogP contribution in [0.4, 0.5) is 0 Å². The lowest BCUT2D eigenvalue weighted by Gasteiger charge is -2.36. The quantitative estimate of drug-likeness (QED) is 0.831. The van der Waals surface area contributed by atoms with Crippen molar-refractivity contribution in [2.45, 2.75) is 38.1 Å². The topological polar surface area (TPSA) is 32.7 Å². The number of nitrogens with zero attached hydrogens (tertiary/aromatic N) is 1. The molecule has 0 amide bonds. The molecule has 0 bridgehead atoms. The van der Waals surface area contributed by atoms with Crippen molar-refractivity contribution in [2.24, 2.45) is 11.8 Å². The Labute approximate surface area is 156 Å². The fourth-order valence-electron chi connectivity index (χ4n) is 4.87. The van der Waals surface area contributed by atoms with Crippen LogP contribution in [0.5, 0.6) is 11.5 Å². The Kier molecular flexibility index (Phi) is 5.45. The minimum atomic E-state index is 0.284. The first kappa shape index (κ1) is 17.4. The van der Waals surface area contributed by atoms with E-state index in [9.17, 15) is 5.11 Å². The van der Waals surface area contributed by atoms with Gasteiger partial charge in [-0.25, -0.2) is 0 Å². The molecular formula is C23H29NO2. The molecule has 1 saturated carbocycles. The molecule has 0 aromatic heterocycles. The highest BCUT2D eigenvalue weighted by Gasteiger charge is 2.38. The minimum Gasteiger partial charge on any atom is -0.508 e. The lowest BCUT2D eigenvalue weighted by Crippen LogP contribution is -2.39. The van der Waals surface area contributed by atoms with Gasteiger partial charge in [-0.15, -0.1) is 0 Å². The van der Waals surface area contributed by atoms with Crippen LogP contribution in [0.2, 0.25) is 0 Å². The van der Waals surface area contributed by atoms with Gasteiger partial charge in [0.2, 0.25) is 0 Å². The Hall–Kier alpha value is -2.00. The second-order valence-corrected chi connectivity index (χ2v) is 7.86. The summed E-state index contributed by atoms with van der Waals surface area (Å²) in [5.74, 6) is 2.84. The highest BCUT2D eigenvalue weighted by atomic mass is 16.5. The van der Waals surface area contributed by atoms with Gasteiger partial charge in [0.05, 0.1) is 0 Å². The third-order valence-electron chi connectivity index (χ3n) is 6.16. The molecule has 0 radical (unpaired) electrons. The number of phenolic OH excluding ortho intramolecular Hbond substituents is 1. The Bertz CT molecular complexity index is 685. The van der Waals surface area contributed by atoms with Gasteiger partial charge in [-0.3, -0.25) is 4.90 Å². The molecule has 0 spiro atoms. The lowest BCUT2D eigenvalue weighted by molar-refractivity contribution is 0.133. The van der Waals surface area contributed by atoms with Crippen molar-refractivity contribution >= 4 is 0 Å². The molecule has 3 atom stereocenters. The number of fused-ring (bicyclic) bond motifs is 1. The van der Waals surface area contributed by atoms with Gasteiger partial charge in [-0.2, -0.15) is 0 Å². The summed E-state index contributed by atoms with van der Waals surface area (Å²) in [6.45, 7) is 2.94. The molecule has 2 fully saturated rings. The zero-order valence-electron chi connectivity index (χ0n) is 15.4. The van der Waals surface area contributed by atoms with Gasteiger partial charge in [-0.05, 0) is 80.3 Å². The van der Waals surface area contributed by atoms with Gasteiger partial charge >= 0.3 is 0 Å². The fraction of sp³-hybridized carbons (Fsp3) is 0.478. The van der Waals surface area contributed by atoms with E-state index < -0.39 is 0 Å². The maximum absolute atomic E-state index is 9.33. The summed E-state index contributed by atoms with van der Waals surface area (Å²) in [5.41, 5.74) is 1.49. The normalized spacial score (nSPS) is 25.8. The number of ether oxygens (including phenoxy) is 1. The van der Waals surface area contributed by atoms with Crippen LogP contribution < -0.4 is 4.74 Å². The summed E-state index contributed by atoms with van der Waals surface area (Å²) in [6, 6.07) is 18.7. The Balaban J connectivity index is 1.24. The molecule has 2 aliphatic rings. The predicted octanol–water partition coefficient (Wildman–Crippen LogP) is 4.50. The van der Waals surface area contributed by atoms with Crippen LogP contribution in [-0.2, 0) is 6.42 Å². The van der Waals surface area contributed by atoms with Crippen LogP contribution in [0, 0.1) is 11.8 Å². The van der Waals surface area contributed by atoms with E-state index >= 15 is 0 Å². The van der Waals surface area contributed by atoms with Gasteiger partial charge in [0.15, 0.2) is 0 Å². The number of hydrogen-bond acceptors (Lipinski definition) is 3. The van der Waals surface area contributed by atoms with Crippen LogP contribution in [0.1, 0.15) is 31.2 Å². The predicted molar refractivity (Wildman–Crippen MR) is 105 cm³/mol. The largest absolute Gasteiger partial charge is 0.508 e. The van der Waals surface area contributed by atoms with Crippen LogP contribution in [0.25, 0.3) is 0 Å². The van der Waals surface area contributed by atoms with E-state index in [0.717, 1.165) is 36.8 Å². The van der Waals surface area contributed by atoms with E-state index in [1.165, 1.54) is 44.2 Å². The van der Waals surface area contributed by atoms with Gasteiger partial charge in [0.1, 0.15) is 18.1 Å². The van der Waals surface area contributed by atoms with Gasteiger partial charge in [0, 0.05) is 12.6 Å². The van der Waals surface area contributed by atoms with Crippen LogP contribution >= 0.6 is 0 Å². The summed E-state index contributed by atoms with van der Waals surface area (Å²) in [5, 5.41) is 9.33. The number of hydrogen-bond donors (Lipinski definition) is 1. The summed E-state index contributed by atoms with van der Waals surface area (Å²) in [6.07, 6.45) is 6.66. The molecule has 1 aliphatic carbocycles.